The highest BCUT2D eigenvalue weighted by molar-refractivity contribution is 7.97. The predicted molar refractivity (Wildman–Crippen MR) is 86.1 cm³/mol. The van der Waals surface area contributed by atoms with Crippen molar-refractivity contribution < 1.29 is 0 Å². The van der Waals surface area contributed by atoms with Gasteiger partial charge in [0.05, 0.1) is 12.4 Å². The topological polar surface area (TPSA) is 48.8 Å². The standard InChI is InChI=1S/2C7H6N2S/c2*1-2-4-7-6(3-1)5-8-9-10-7/h2*1-5,9H. The van der Waals surface area contributed by atoms with E-state index in [0.29, 0.717) is 0 Å². The van der Waals surface area contributed by atoms with Crippen LogP contribution >= 0.6 is 23.9 Å². The van der Waals surface area contributed by atoms with Gasteiger partial charge in [-0.3, -0.25) is 0 Å². The van der Waals surface area contributed by atoms with Crippen LogP contribution in [0.5, 0.6) is 0 Å². The van der Waals surface area contributed by atoms with Crippen molar-refractivity contribution in [3.05, 3.63) is 59.7 Å². The summed E-state index contributed by atoms with van der Waals surface area (Å²) in [6.07, 6.45) is 3.65. The first-order chi connectivity index (χ1) is 9.93. The van der Waals surface area contributed by atoms with E-state index in [1.807, 2.05) is 48.8 Å². The maximum atomic E-state index is 3.91. The third-order valence-electron chi connectivity index (χ3n) is 2.66. The van der Waals surface area contributed by atoms with Gasteiger partial charge in [0.25, 0.3) is 0 Å². The second kappa shape index (κ2) is 6.49. The Morgan fingerprint density at radius 3 is 1.55 bits per heavy atom. The van der Waals surface area contributed by atoms with E-state index in [-0.39, 0.29) is 0 Å². The Morgan fingerprint density at radius 2 is 1.10 bits per heavy atom. The molecule has 0 atom stereocenters. The Morgan fingerprint density at radius 1 is 0.650 bits per heavy atom. The molecule has 2 aromatic carbocycles. The van der Waals surface area contributed by atoms with Crippen LogP contribution in [0.15, 0.2) is 68.5 Å². The highest BCUT2D eigenvalue weighted by Crippen LogP contribution is 2.21. The van der Waals surface area contributed by atoms with Gasteiger partial charge in [-0.05, 0) is 12.1 Å². The minimum atomic E-state index is 1.19. The van der Waals surface area contributed by atoms with Crippen molar-refractivity contribution >= 4 is 36.3 Å². The van der Waals surface area contributed by atoms with Crippen molar-refractivity contribution in [3.8, 4) is 0 Å². The van der Waals surface area contributed by atoms with Crippen LogP contribution in [0.2, 0.25) is 0 Å². The molecule has 0 amide bonds. The molecule has 100 valence electrons. The van der Waals surface area contributed by atoms with E-state index in [4.69, 9.17) is 0 Å². The average Bonchev–Trinajstić information content (AvgIpc) is 2.56. The molecular formula is C14H12N4S2. The maximum absolute atomic E-state index is 3.91. The summed E-state index contributed by atoms with van der Waals surface area (Å²) in [5.41, 5.74) is 2.37. The van der Waals surface area contributed by atoms with E-state index in [9.17, 15) is 0 Å². The molecule has 20 heavy (non-hydrogen) atoms. The Balaban J connectivity index is 0.000000121. The quantitative estimate of drug-likeness (QED) is 0.733. The van der Waals surface area contributed by atoms with E-state index in [1.54, 1.807) is 23.9 Å². The zero-order chi connectivity index (χ0) is 13.6. The Kier molecular flexibility index (Phi) is 4.25. The van der Waals surface area contributed by atoms with Gasteiger partial charge in [-0.1, -0.05) is 36.4 Å². The monoisotopic (exact) mass is 300 g/mol. The van der Waals surface area contributed by atoms with E-state index in [2.05, 4.69) is 32.0 Å². The summed E-state index contributed by atoms with van der Waals surface area (Å²) in [5.74, 6) is 0. The molecule has 0 saturated heterocycles. The van der Waals surface area contributed by atoms with Gasteiger partial charge in [0.2, 0.25) is 0 Å². The second-order valence-corrected chi connectivity index (χ2v) is 5.63. The molecule has 0 saturated carbocycles. The fourth-order valence-corrected chi connectivity index (χ4v) is 2.88. The van der Waals surface area contributed by atoms with Gasteiger partial charge in [0, 0.05) is 44.8 Å². The summed E-state index contributed by atoms with van der Waals surface area (Å²) in [7, 11) is 0. The molecule has 0 radical (unpaired) electrons. The third-order valence-corrected chi connectivity index (χ3v) is 4.24. The van der Waals surface area contributed by atoms with Crippen molar-refractivity contribution in [2.24, 2.45) is 10.2 Å². The number of hydrazone groups is 2. The lowest BCUT2D eigenvalue weighted by atomic mass is 10.2. The van der Waals surface area contributed by atoms with Crippen LogP contribution in [0.3, 0.4) is 0 Å². The van der Waals surface area contributed by atoms with E-state index >= 15 is 0 Å². The van der Waals surface area contributed by atoms with Crippen LogP contribution in [0.1, 0.15) is 11.1 Å². The number of hydrogen-bond donors (Lipinski definition) is 2. The summed E-state index contributed by atoms with van der Waals surface area (Å²) in [6.45, 7) is 0. The molecule has 4 nitrogen and oxygen atoms in total. The number of fused-ring (bicyclic) bond motifs is 2. The first kappa shape index (κ1) is 13.1. The van der Waals surface area contributed by atoms with E-state index < -0.39 is 0 Å². The SMILES string of the molecule is C1=NNSc2ccccc21.C1=NNSc2ccccc21. The third kappa shape index (κ3) is 3.15. The van der Waals surface area contributed by atoms with Crippen LogP contribution in [-0.2, 0) is 0 Å². The lowest BCUT2D eigenvalue weighted by Gasteiger charge is -2.07. The Labute approximate surface area is 126 Å². The van der Waals surface area contributed by atoms with Gasteiger partial charge >= 0.3 is 0 Å². The minimum Gasteiger partial charge on any atom is -0.247 e. The summed E-state index contributed by atoms with van der Waals surface area (Å²) in [5, 5.41) is 7.81. The van der Waals surface area contributed by atoms with E-state index in [0.717, 1.165) is 0 Å². The molecule has 0 aliphatic carbocycles. The normalized spacial score (nSPS) is 14.0. The average molecular weight is 300 g/mol. The fourth-order valence-electron chi connectivity index (χ4n) is 1.70. The molecule has 0 bridgehead atoms. The first-order valence-corrected chi connectivity index (χ1v) is 7.65. The van der Waals surface area contributed by atoms with Gasteiger partial charge < -0.3 is 0 Å². The van der Waals surface area contributed by atoms with Crippen molar-refractivity contribution in [3.63, 3.8) is 0 Å². The largest absolute Gasteiger partial charge is 0.247 e. The molecule has 4 rings (SSSR count). The molecule has 2 N–H and O–H groups in total. The maximum Gasteiger partial charge on any atom is 0.0562 e. The molecule has 0 unspecified atom stereocenters. The molecule has 0 aromatic heterocycles. The van der Waals surface area contributed by atoms with Gasteiger partial charge in [-0.25, -0.2) is 9.66 Å². The molecule has 2 aliphatic rings. The number of rotatable bonds is 0. The zero-order valence-electron chi connectivity index (χ0n) is 10.5. The smallest absolute Gasteiger partial charge is 0.0562 e. The second-order valence-electron chi connectivity index (χ2n) is 3.98. The zero-order valence-corrected chi connectivity index (χ0v) is 12.1. The van der Waals surface area contributed by atoms with Crippen LogP contribution in [0.4, 0.5) is 0 Å². The lowest BCUT2D eigenvalue weighted by molar-refractivity contribution is 1.10. The molecule has 0 spiro atoms. The molecule has 2 aromatic rings. The van der Waals surface area contributed by atoms with E-state index in [1.165, 1.54) is 20.9 Å². The highest BCUT2D eigenvalue weighted by Gasteiger charge is 2.02. The summed E-state index contributed by atoms with van der Waals surface area (Å²) < 4.78 is 0. The van der Waals surface area contributed by atoms with Crippen LogP contribution < -0.4 is 9.66 Å². The van der Waals surface area contributed by atoms with Gasteiger partial charge in [-0.2, -0.15) is 10.2 Å². The molecular weight excluding hydrogens is 288 g/mol. The predicted octanol–water partition coefficient (Wildman–Crippen LogP) is 3.26. The summed E-state index contributed by atoms with van der Waals surface area (Å²) in [4.78, 5) is 8.12. The Hall–Kier alpha value is -1.92. The van der Waals surface area contributed by atoms with Gasteiger partial charge in [0.15, 0.2) is 0 Å². The number of nitrogens with zero attached hydrogens (tertiary/aromatic N) is 2. The van der Waals surface area contributed by atoms with Gasteiger partial charge in [-0.15, -0.1) is 0 Å². The Bertz CT molecular complexity index is 598. The van der Waals surface area contributed by atoms with Crippen molar-refractivity contribution in [1.82, 2.24) is 9.66 Å². The number of hydrogen-bond acceptors (Lipinski definition) is 6. The number of benzene rings is 2. The molecule has 2 aliphatic heterocycles. The van der Waals surface area contributed by atoms with Crippen LogP contribution in [0.25, 0.3) is 0 Å². The van der Waals surface area contributed by atoms with Crippen LogP contribution in [0, 0.1) is 0 Å². The highest BCUT2D eigenvalue weighted by atomic mass is 32.2. The summed E-state index contributed by atoms with van der Waals surface area (Å²) in [6, 6.07) is 16.3. The van der Waals surface area contributed by atoms with Gasteiger partial charge in [0.1, 0.15) is 0 Å². The van der Waals surface area contributed by atoms with Crippen LogP contribution in [-0.4, -0.2) is 12.4 Å². The molecule has 0 fully saturated rings. The minimum absolute atomic E-state index is 1.19. The van der Waals surface area contributed by atoms with Crippen molar-refractivity contribution in [1.29, 1.82) is 0 Å². The molecule has 2 heterocycles. The molecule has 6 heteroatoms. The first-order valence-electron chi connectivity index (χ1n) is 6.01. The fraction of sp³-hybridized carbons (Fsp3) is 0. The lowest BCUT2D eigenvalue weighted by Crippen LogP contribution is -2.01. The summed E-state index contributed by atoms with van der Waals surface area (Å²) >= 11 is 3.08. The number of nitrogens with one attached hydrogen (secondary N) is 2. The van der Waals surface area contributed by atoms with Crippen molar-refractivity contribution in [2.45, 2.75) is 9.79 Å². The van der Waals surface area contributed by atoms with Crippen molar-refractivity contribution in [2.75, 3.05) is 0 Å².